The molecule has 0 aromatic heterocycles. The van der Waals surface area contributed by atoms with Crippen LogP contribution >= 0.6 is 0 Å². The van der Waals surface area contributed by atoms with Gasteiger partial charge in [-0.1, -0.05) is 12.1 Å². The quantitative estimate of drug-likeness (QED) is 0.651. The number of hydrogen-bond donors (Lipinski definition) is 2. The van der Waals surface area contributed by atoms with Gasteiger partial charge in [0, 0.05) is 24.1 Å². The fourth-order valence-electron chi connectivity index (χ4n) is 2.56. The number of aryl methyl sites for hydroxylation is 2. The van der Waals surface area contributed by atoms with Crippen molar-refractivity contribution in [2.24, 2.45) is 0 Å². The van der Waals surface area contributed by atoms with Gasteiger partial charge in [-0.25, -0.2) is 0 Å². The van der Waals surface area contributed by atoms with E-state index < -0.39 is 0 Å². The summed E-state index contributed by atoms with van der Waals surface area (Å²) in [6.07, 6.45) is 0.150. The van der Waals surface area contributed by atoms with Crippen molar-refractivity contribution in [1.29, 1.82) is 0 Å². The van der Waals surface area contributed by atoms with Crippen molar-refractivity contribution in [3.8, 4) is 5.75 Å². The predicted octanol–water partition coefficient (Wildman–Crippen LogP) is 3.42. The molecular formula is C22H26N2O4. The second kappa shape index (κ2) is 10.3. The standard InChI is InChI=1S/C22H26N2O4/c1-4-28-19-9-7-18(8-10-19)24-22(27)14-23-21(26)12-11-20(25)17-6-5-15(2)16(3)13-17/h5-10,13H,4,11-12,14H2,1-3H3,(H,23,26)(H,24,27). The van der Waals surface area contributed by atoms with E-state index >= 15 is 0 Å². The van der Waals surface area contributed by atoms with Crippen LogP contribution in [0.2, 0.25) is 0 Å². The van der Waals surface area contributed by atoms with Gasteiger partial charge in [-0.15, -0.1) is 0 Å². The van der Waals surface area contributed by atoms with E-state index in [9.17, 15) is 14.4 Å². The Morgan fingerprint density at radius 2 is 1.61 bits per heavy atom. The molecule has 148 valence electrons. The first kappa shape index (κ1) is 21.2. The van der Waals surface area contributed by atoms with Gasteiger partial charge >= 0.3 is 0 Å². The molecule has 6 nitrogen and oxygen atoms in total. The molecule has 0 atom stereocenters. The molecule has 0 fully saturated rings. The van der Waals surface area contributed by atoms with Crippen LogP contribution in [0.15, 0.2) is 42.5 Å². The number of benzene rings is 2. The summed E-state index contributed by atoms with van der Waals surface area (Å²) in [6.45, 7) is 6.25. The fraction of sp³-hybridized carbons (Fsp3) is 0.318. The first-order valence-electron chi connectivity index (χ1n) is 9.29. The van der Waals surface area contributed by atoms with Crippen LogP contribution in [0.5, 0.6) is 5.75 Å². The molecule has 2 aromatic rings. The molecule has 28 heavy (non-hydrogen) atoms. The Hall–Kier alpha value is -3.15. The first-order chi connectivity index (χ1) is 13.4. The van der Waals surface area contributed by atoms with Crippen LogP contribution in [0.25, 0.3) is 0 Å². The topological polar surface area (TPSA) is 84.5 Å². The second-order valence-electron chi connectivity index (χ2n) is 6.50. The summed E-state index contributed by atoms with van der Waals surface area (Å²) in [5.41, 5.74) is 3.38. The largest absolute Gasteiger partial charge is 0.494 e. The van der Waals surface area contributed by atoms with Gasteiger partial charge in [0.1, 0.15) is 5.75 Å². The van der Waals surface area contributed by atoms with Gasteiger partial charge in [-0.3, -0.25) is 14.4 Å². The zero-order valence-electron chi connectivity index (χ0n) is 16.5. The lowest BCUT2D eigenvalue weighted by atomic mass is 10.0. The van der Waals surface area contributed by atoms with Crippen LogP contribution in [0.3, 0.4) is 0 Å². The fourth-order valence-corrected chi connectivity index (χ4v) is 2.56. The van der Waals surface area contributed by atoms with Gasteiger partial charge in [-0.05, 0) is 62.2 Å². The second-order valence-corrected chi connectivity index (χ2v) is 6.50. The van der Waals surface area contributed by atoms with E-state index in [1.54, 1.807) is 30.3 Å². The molecule has 0 unspecified atom stereocenters. The Kier molecular flexibility index (Phi) is 7.75. The summed E-state index contributed by atoms with van der Waals surface area (Å²) in [5.74, 6) is -0.0312. The zero-order valence-corrected chi connectivity index (χ0v) is 16.5. The van der Waals surface area contributed by atoms with E-state index in [1.165, 1.54) is 0 Å². The van der Waals surface area contributed by atoms with Gasteiger partial charge in [0.2, 0.25) is 11.8 Å². The molecule has 2 rings (SSSR count). The molecule has 0 aliphatic rings. The van der Waals surface area contributed by atoms with E-state index in [1.807, 2.05) is 32.9 Å². The summed E-state index contributed by atoms with van der Waals surface area (Å²) >= 11 is 0. The van der Waals surface area contributed by atoms with Crippen LogP contribution in [0.1, 0.15) is 41.3 Å². The minimum absolute atomic E-state index is 0.0437. The number of carbonyl (C=O) groups excluding carboxylic acids is 3. The van der Waals surface area contributed by atoms with Crippen molar-refractivity contribution in [3.63, 3.8) is 0 Å². The highest BCUT2D eigenvalue weighted by molar-refractivity contribution is 5.99. The molecule has 0 aliphatic carbocycles. The van der Waals surface area contributed by atoms with Crippen molar-refractivity contribution >= 4 is 23.3 Å². The molecule has 0 aliphatic heterocycles. The molecule has 0 radical (unpaired) electrons. The average molecular weight is 382 g/mol. The number of anilines is 1. The lowest BCUT2D eigenvalue weighted by Gasteiger charge is -2.08. The third-order valence-corrected chi connectivity index (χ3v) is 4.30. The maximum atomic E-state index is 12.2. The molecule has 2 N–H and O–H groups in total. The number of amides is 2. The SMILES string of the molecule is CCOc1ccc(NC(=O)CNC(=O)CCC(=O)c2ccc(C)c(C)c2)cc1. The zero-order chi connectivity index (χ0) is 20.5. The van der Waals surface area contributed by atoms with Gasteiger partial charge in [0.05, 0.1) is 13.2 Å². The maximum absolute atomic E-state index is 12.2. The van der Waals surface area contributed by atoms with Crippen LogP contribution in [-0.4, -0.2) is 30.7 Å². The Labute approximate surface area is 165 Å². The molecule has 2 aromatic carbocycles. The molecule has 0 spiro atoms. The smallest absolute Gasteiger partial charge is 0.243 e. The van der Waals surface area contributed by atoms with Gasteiger partial charge in [-0.2, -0.15) is 0 Å². The highest BCUT2D eigenvalue weighted by atomic mass is 16.5. The summed E-state index contributed by atoms with van der Waals surface area (Å²) in [4.78, 5) is 36.0. The van der Waals surface area contributed by atoms with E-state index in [4.69, 9.17) is 4.74 Å². The number of ketones is 1. The lowest BCUT2D eigenvalue weighted by molar-refractivity contribution is -0.124. The Morgan fingerprint density at radius 3 is 2.25 bits per heavy atom. The summed E-state index contributed by atoms with van der Waals surface area (Å²) in [5, 5.41) is 5.23. The molecular weight excluding hydrogens is 356 g/mol. The van der Waals surface area contributed by atoms with Crippen molar-refractivity contribution in [2.75, 3.05) is 18.5 Å². The number of rotatable bonds is 9. The van der Waals surface area contributed by atoms with Crippen LogP contribution in [-0.2, 0) is 9.59 Å². The summed E-state index contributed by atoms with van der Waals surface area (Å²) in [6, 6.07) is 12.5. The summed E-state index contributed by atoms with van der Waals surface area (Å²) < 4.78 is 5.34. The molecule has 0 heterocycles. The van der Waals surface area contributed by atoms with Crippen molar-refractivity contribution in [3.05, 3.63) is 59.2 Å². The van der Waals surface area contributed by atoms with E-state index in [-0.39, 0.29) is 37.0 Å². The summed E-state index contributed by atoms with van der Waals surface area (Å²) in [7, 11) is 0. The maximum Gasteiger partial charge on any atom is 0.243 e. The van der Waals surface area contributed by atoms with Gasteiger partial charge in [0.15, 0.2) is 5.78 Å². The Balaban J connectivity index is 1.73. The number of Topliss-reactive ketones (excluding diaryl/α,β-unsaturated/α-hetero) is 1. The van der Waals surface area contributed by atoms with E-state index in [0.717, 1.165) is 16.9 Å². The lowest BCUT2D eigenvalue weighted by Crippen LogP contribution is -2.33. The predicted molar refractivity (Wildman–Crippen MR) is 109 cm³/mol. The van der Waals surface area contributed by atoms with Crippen LogP contribution in [0, 0.1) is 13.8 Å². The van der Waals surface area contributed by atoms with E-state index in [0.29, 0.717) is 17.9 Å². The Morgan fingerprint density at radius 1 is 0.893 bits per heavy atom. The van der Waals surface area contributed by atoms with Crippen molar-refractivity contribution < 1.29 is 19.1 Å². The highest BCUT2D eigenvalue weighted by Gasteiger charge is 2.11. The van der Waals surface area contributed by atoms with E-state index in [2.05, 4.69) is 10.6 Å². The van der Waals surface area contributed by atoms with Crippen molar-refractivity contribution in [1.82, 2.24) is 5.32 Å². The number of ether oxygens (including phenoxy) is 1. The molecule has 0 saturated carbocycles. The first-order valence-corrected chi connectivity index (χ1v) is 9.29. The molecule has 6 heteroatoms. The minimum atomic E-state index is -0.335. The van der Waals surface area contributed by atoms with Crippen LogP contribution in [0.4, 0.5) is 5.69 Å². The molecule has 0 bridgehead atoms. The number of hydrogen-bond acceptors (Lipinski definition) is 4. The van der Waals surface area contributed by atoms with Crippen LogP contribution < -0.4 is 15.4 Å². The Bertz CT molecular complexity index is 844. The third-order valence-electron chi connectivity index (χ3n) is 4.30. The minimum Gasteiger partial charge on any atom is -0.494 e. The number of carbonyl (C=O) groups is 3. The normalized spacial score (nSPS) is 10.2. The molecule has 0 saturated heterocycles. The monoisotopic (exact) mass is 382 g/mol. The third kappa shape index (κ3) is 6.54. The average Bonchev–Trinajstić information content (AvgIpc) is 2.68. The van der Waals surface area contributed by atoms with Gasteiger partial charge < -0.3 is 15.4 Å². The highest BCUT2D eigenvalue weighted by Crippen LogP contribution is 2.15. The van der Waals surface area contributed by atoms with Crippen molar-refractivity contribution in [2.45, 2.75) is 33.6 Å². The molecule has 2 amide bonds. The van der Waals surface area contributed by atoms with Gasteiger partial charge in [0.25, 0.3) is 0 Å². The number of nitrogens with one attached hydrogen (secondary N) is 2.